The second kappa shape index (κ2) is 5.51. The van der Waals surface area contributed by atoms with Crippen LogP contribution in [0.1, 0.15) is 27.9 Å². The molecule has 0 saturated carbocycles. The molecular formula is C12H12OS. The summed E-state index contributed by atoms with van der Waals surface area (Å²) in [6.45, 7) is 1.96. The van der Waals surface area contributed by atoms with Crippen molar-refractivity contribution in [3.8, 4) is 11.8 Å². The van der Waals surface area contributed by atoms with Gasteiger partial charge in [-0.3, -0.25) is 4.79 Å². The first-order chi connectivity index (χ1) is 6.76. The van der Waals surface area contributed by atoms with Crippen molar-refractivity contribution in [2.24, 2.45) is 0 Å². The molecule has 1 nitrogen and oxygen atoms in total. The Kier molecular flexibility index (Phi) is 4.28. The van der Waals surface area contributed by atoms with Crippen LogP contribution in [-0.4, -0.2) is 12.0 Å². The number of rotatable bonds is 2. The van der Waals surface area contributed by atoms with E-state index in [-0.39, 0.29) is 0 Å². The molecule has 0 aromatic heterocycles. The summed E-state index contributed by atoms with van der Waals surface area (Å²) < 4.78 is 0. The number of aldehydes is 1. The minimum atomic E-state index is 0.681. The molecule has 1 aromatic carbocycles. The van der Waals surface area contributed by atoms with Crippen LogP contribution in [0.15, 0.2) is 18.2 Å². The first kappa shape index (κ1) is 10.9. The number of aryl methyl sites for hydroxylation is 1. The summed E-state index contributed by atoms with van der Waals surface area (Å²) in [6, 6.07) is 5.61. The maximum atomic E-state index is 10.6. The predicted octanol–water partition coefficient (Wildman–Crippen LogP) is 2.48. The average Bonchev–Trinajstić information content (AvgIpc) is 2.17. The van der Waals surface area contributed by atoms with Crippen LogP contribution in [0, 0.1) is 18.8 Å². The van der Waals surface area contributed by atoms with E-state index in [1.807, 2.05) is 19.1 Å². The molecule has 0 radical (unpaired) electrons. The third-order valence-corrected chi connectivity index (χ3v) is 1.93. The van der Waals surface area contributed by atoms with Crippen LogP contribution >= 0.6 is 12.6 Å². The van der Waals surface area contributed by atoms with Gasteiger partial charge in [0.1, 0.15) is 6.29 Å². The standard InChI is InChI=1S/C12H12OS/c1-10-6-11(4-2-3-5-14)8-12(7-10)9-13/h6-9,14H,3,5H2,1H3. The van der Waals surface area contributed by atoms with E-state index in [1.165, 1.54) is 0 Å². The molecule has 0 N–H and O–H groups in total. The van der Waals surface area contributed by atoms with E-state index in [9.17, 15) is 4.79 Å². The minimum Gasteiger partial charge on any atom is -0.298 e. The highest BCUT2D eigenvalue weighted by molar-refractivity contribution is 7.80. The van der Waals surface area contributed by atoms with Gasteiger partial charge in [0, 0.05) is 23.3 Å². The second-order valence-corrected chi connectivity index (χ2v) is 3.47. The molecule has 0 heterocycles. The number of carbonyl (C=O) groups excluding carboxylic acids is 1. The molecule has 0 fully saturated rings. The number of benzene rings is 1. The summed E-state index contributed by atoms with van der Waals surface area (Å²) in [5, 5.41) is 0. The van der Waals surface area contributed by atoms with Gasteiger partial charge in [-0.2, -0.15) is 12.6 Å². The summed E-state index contributed by atoms with van der Waals surface area (Å²) in [5.41, 5.74) is 2.64. The number of hydrogen-bond donors (Lipinski definition) is 1. The van der Waals surface area contributed by atoms with E-state index in [2.05, 4.69) is 24.5 Å². The van der Waals surface area contributed by atoms with Gasteiger partial charge in [0.2, 0.25) is 0 Å². The largest absolute Gasteiger partial charge is 0.298 e. The van der Waals surface area contributed by atoms with Crippen LogP contribution in [0.3, 0.4) is 0 Å². The fourth-order valence-corrected chi connectivity index (χ4v) is 1.29. The van der Waals surface area contributed by atoms with Gasteiger partial charge in [0.05, 0.1) is 0 Å². The van der Waals surface area contributed by atoms with E-state index < -0.39 is 0 Å². The molecule has 0 atom stereocenters. The van der Waals surface area contributed by atoms with E-state index in [1.54, 1.807) is 6.07 Å². The van der Waals surface area contributed by atoms with Crippen LogP contribution in [0.2, 0.25) is 0 Å². The molecular weight excluding hydrogens is 192 g/mol. The number of thiol groups is 1. The molecule has 0 spiro atoms. The minimum absolute atomic E-state index is 0.681. The van der Waals surface area contributed by atoms with Gasteiger partial charge < -0.3 is 0 Å². The third kappa shape index (κ3) is 3.27. The van der Waals surface area contributed by atoms with Crippen LogP contribution < -0.4 is 0 Å². The predicted molar refractivity (Wildman–Crippen MR) is 61.9 cm³/mol. The molecule has 0 bridgehead atoms. The Hall–Kier alpha value is -1.20. The van der Waals surface area contributed by atoms with Crippen molar-refractivity contribution >= 4 is 18.9 Å². The van der Waals surface area contributed by atoms with Gasteiger partial charge in [-0.1, -0.05) is 11.8 Å². The highest BCUT2D eigenvalue weighted by Gasteiger charge is 1.94. The number of carbonyl (C=O) groups is 1. The van der Waals surface area contributed by atoms with Crippen molar-refractivity contribution in [1.29, 1.82) is 0 Å². The van der Waals surface area contributed by atoms with Gasteiger partial charge in [-0.15, -0.1) is 0 Å². The Morgan fingerprint density at radius 2 is 2.21 bits per heavy atom. The van der Waals surface area contributed by atoms with Crippen LogP contribution in [0.25, 0.3) is 0 Å². The SMILES string of the molecule is Cc1cc(C#CCCS)cc(C=O)c1. The first-order valence-electron chi connectivity index (χ1n) is 4.43. The zero-order valence-corrected chi connectivity index (χ0v) is 8.97. The van der Waals surface area contributed by atoms with Crippen LogP contribution in [0.5, 0.6) is 0 Å². The molecule has 72 valence electrons. The third-order valence-electron chi connectivity index (χ3n) is 1.71. The van der Waals surface area contributed by atoms with Crippen molar-refractivity contribution in [3.63, 3.8) is 0 Å². The molecule has 0 saturated heterocycles. The maximum Gasteiger partial charge on any atom is 0.150 e. The monoisotopic (exact) mass is 204 g/mol. The molecule has 0 amide bonds. The molecule has 0 unspecified atom stereocenters. The topological polar surface area (TPSA) is 17.1 Å². The molecule has 1 rings (SSSR count). The van der Waals surface area contributed by atoms with Gasteiger partial charge in [0.25, 0.3) is 0 Å². The highest BCUT2D eigenvalue weighted by atomic mass is 32.1. The molecule has 14 heavy (non-hydrogen) atoms. The van der Waals surface area contributed by atoms with Gasteiger partial charge >= 0.3 is 0 Å². The van der Waals surface area contributed by atoms with Crippen LogP contribution in [-0.2, 0) is 0 Å². The lowest BCUT2D eigenvalue weighted by atomic mass is 10.1. The smallest absolute Gasteiger partial charge is 0.150 e. The van der Waals surface area contributed by atoms with Crippen LogP contribution in [0.4, 0.5) is 0 Å². The van der Waals surface area contributed by atoms with Gasteiger partial charge in [-0.05, 0) is 30.7 Å². The molecule has 2 heteroatoms. The molecule has 0 aliphatic carbocycles. The molecule has 1 aromatic rings. The summed E-state index contributed by atoms with van der Waals surface area (Å²) >= 11 is 4.07. The fourth-order valence-electron chi connectivity index (χ4n) is 1.17. The van der Waals surface area contributed by atoms with Crippen molar-refractivity contribution in [2.75, 3.05) is 5.75 Å². The Bertz CT molecular complexity index is 385. The average molecular weight is 204 g/mol. The Morgan fingerprint density at radius 3 is 2.86 bits per heavy atom. The van der Waals surface area contributed by atoms with Crippen molar-refractivity contribution in [2.45, 2.75) is 13.3 Å². The second-order valence-electron chi connectivity index (χ2n) is 3.03. The fraction of sp³-hybridized carbons (Fsp3) is 0.250. The van der Waals surface area contributed by atoms with Gasteiger partial charge in [0.15, 0.2) is 0 Å². The first-order valence-corrected chi connectivity index (χ1v) is 5.06. The Labute approximate surface area is 89.9 Å². The van der Waals surface area contributed by atoms with Crippen molar-refractivity contribution in [3.05, 3.63) is 34.9 Å². The Balaban J connectivity index is 2.93. The van der Waals surface area contributed by atoms with E-state index >= 15 is 0 Å². The lowest BCUT2D eigenvalue weighted by Crippen LogP contribution is -1.85. The van der Waals surface area contributed by atoms with Gasteiger partial charge in [-0.25, -0.2) is 0 Å². The highest BCUT2D eigenvalue weighted by Crippen LogP contribution is 2.06. The lowest BCUT2D eigenvalue weighted by molar-refractivity contribution is 0.112. The van der Waals surface area contributed by atoms with E-state index in [0.29, 0.717) is 5.56 Å². The normalized spacial score (nSPS) is 9.00. The summed E-state index contributed by atoms with van der Waals surface area (Å²) in [7, 11) is 0. The summed E-state index contributed by atoms with van der Waals surface area (Å²) in [6.07, 6.45) is 1.62. The zero-order valence-electron chi connectivity index (χ0n) is 8.08. The molecule has 0 aliphatic heterocycles. The zero-order chi connectivity index (χ0) is 10.4. The summed E-state index contributed by atoms with van der Waals surface area (Å²) in [4.78, 5) is 10.6. The Morgan fingerprint density at radius 1 is 1.43 bits per heavy atom. The van der Waals surface area contributed by atoms with E-state index in [0.717, 1.165) is 29.6 Å². The quantitative estimate of drug-likeness (QED) is 0.445. The summed E-state index contributed by atoms with van der Waals surface area (Å²) in [5.74, 6) is 6.75. The molecule has 0 aliphatic rings. The van der Waals surface area contributed by atoms with E-state index in [4.69, 9.17) is 0 Å². The number of hydrogen-bond acceptors (Lipinski definition) is 2. The van der Waals surface area contributed by atoms with Crippen molar-refractivity contribution < 1.29 is 4.79 Å². The van der Waals surface area contributed by atoms with Crippen molar-refractivity contribution in [1.82, 2.24) is 0 Å². The maximum absolute atomic E-state index is 10.6. The lowest BCUT2D eigenvalue weighted by Gasteiger charge is -1.96.